The molecule has 10 heteroatoms. The van der Waals surface area contributed by atoms with E-state index in [0.717, 1.165) is 6.42 Å². The molecule has 0 aromatic carbocycles. The third-order valence-electron chi connectivity index (χ3n) is 5.11. The molecule has 3 aromatic heterocycles. The van der Waals surface area contributed by atoms with Crippen LogP contribution < -0.4 is 10.6 Å². The maximum Gasteiger partial charge on any atom is 0.255 e. The molecule has 0 aliphatic heterocycles. The minimum atomic E-state index is -1.62. The molecule has 0 bridgehead atoms. The molecule has 3 heterocycles. The number of hydrogen-bond acceptors (Lipinski definition) is 7. The number of fused-ring (bicyclic) bond motifs is 1. The Balaban J connectivity index is 1.95. The van der Waals surface area contributed by atoms with Crippen LogP contribution in [0.3, 0.4) is 0 Å². The molecule has 1 amide bonds. The normalized spacial score (nSPS) is 13.4. The van der Waals surface area contributed by atoms with Gasteiger partial charge in [0.15, 0.2) is 11.5 Å². The molecule has 0 fully saturated rings. The van der Waals surface area contributed by atoms with Gasteiger partial charge in [0.25, 0.3) is 5.91 Å². The summed E-state index contributed by atoms with van der Waals surface area (Å²) in [6.07, 6.45) is 3.63. The minimum absolute atomic E-state index is 0.0628. The molecule has 3 N–H and O–H groups in total. The van der Waals surface area contributed by atoms with Gasteiger partial charge in [-0.25, -0.2) is 14.4 Å². The maximum absolute atomic E-state index is 14.1. The fourth-order valence-corrected chi connectivity index (χ4v) is 2.91. The second-order valence-corrected chi connectivity index (χ2v) is 8.18. The number of halogens is 1. The minimum Gasteiger partial charge on any atom is -0.387 e. The van der Waals surface area contributed by atoms with Crippen LogP contribution in [0.2, 0.25) is 0 Å². The number of aromatic nitrogens is 4. The first kappa shape index (κ1) is 23.1. The van der Waals surface area contributed by atoms with E-state index >= 15 is 0 Å². The first-order chi connectivity index (χ1) is 15.1. The largest absolute Gasteiger partial charge is 0.387 e. The number of amides is 1. The van der Waals surface area contributed by atoms with Crippen molar-refractivity contribution in [3.63, 3.8) is 0 Å². The van der Waals surface area contributed by atoms with E-state index < -0.39 is 17.7 Å². The van der Waals surface area contributed by atoms with Gasteiger partial charge in [-0.15, -0.1) is 0 Å². The van der Waals surface area contributed by atoms with Crippen molar-refractivity contribution in [1.82, 2.24) is 25.1 Å². The second-order valence-electron chi connectivity index (χ2n) is 8.18. The summed E-state index contributed by atoms with van der Waals surface area (Å²) in [5.74, 6) is -0.0803. The summed E-state index contributed by atoms with van der Waals surface area (Å²) in [5.41, 5.74) is 0.139. The second kappa shape index (κ2) is 9.28. The molecule has 0 saturated heterocycles. The van der Waals surface area contributed by atoms with Gasteiger partial charge in [0.1, 0.15) is 12.2 Å². The molecule has 3 rings (SSSR count). The zero-order valence-electron chi connectivity index (χ0n) is 18.4. The van der Waals surface area contributed by atoms with E-state index in [-0.39, 0.29) is 18.2 Å². The van der Waals surface area contributed by atoms with Crippen molar-refractivity contribution >= 4 is 22.6 Å². The van der Waals surface area contributed by atoms with Crippen LogP contribution in [-0.4, -0.2) is 55.1 Å². The van der Waals surface area contributed by atoms with E-state index in [1.807, 2.05) is 19.9 Å². The number of nitriles is 1. The molecule has 0 aliphatic rings. The fraction of sp³-hybridized carbons (Fsp3) is 0.409. The number of carbonyl (C=O) groups is 1. The smallest absolute Gasteiger partial charge is 0.255 e. The van der Waals surface area contributed by atoms with Crippen molar-refractivity contribution in [3.05, 3.63) is 41.9 Å². The molecule has 0 unspecified atom stereocenters. The van der Waals surface area contributed by atoms with Gasteiger partial charge in [-0.2, -0.15) is 15.0 Å². The molecule has 0 radical (unpaired) electrons. The Morgan fingerprint density at radius 2 is 2.06 bits per heavy atom. The van der Waals surface area contributed by atoms with E-state index in [9.17, 15) is 14.3 Å². The lowest BCUT2D eigenvalue weighted by atomic mass is 10.0. The number of anilines is 1. The lowest BCUT2D eigenvalue weighted by Crippen LogP contribution is -2.42. The number of nitrogens with one attached hydrogen (secondary N) is 2. The monoisotopic (exact) mass is 439 g/mol. The predicted molar refractivity (Wildman–Crippen MR) is 118 cm³/mol. The predicted octanol–water partition coefficient (Wildman–Crippen LogP) is 2.74. The van der Waals surface area contributed by atoms with Crippen LogP contribution >= 0.6 is 0 Å². The molecule has 0 aliphatic carbocycles. The van der Waals surface area contributed by atoms with Crippen LogP contribution in [0, 0.1) is 11.3 Å². The molecule has 3 aromatic rings. The quantitative estimate of drug-likeness (QED) is 0.492. The summed E-state index contributed by atoms with van der Waals surface area (Å²) in [6, 6.07) is 5.46. The zero-order chi connectivity index (χ0) is 23.5. The maximum atomic E-state index is 14.1. The Bertz CT molecular complexity index is 1160. The Morgan fingerprint density at radius 1 is 1.31 bits per heavy atom. The van der Waals surface area contributed by atoms with E-state index in [1.165, 1.54) is 30.9 Å². The highest BCUT2D eigenvalue weighted by Gasteiger charge is 2.27. The molecule has 168 valence electrons. The summed E-state index contributed by atoms with van der Waals surface area (Å²) >= 11 is 0. The SMILES string of the molecule is CC[C@H](C)Nc1cc(-n2ncc3cc(C#N)cnc32)ncc1C(=O)NC[C@@H](F)C(C)(C)O. The average Bonchev–Trinajstić information content (AvgIpc) is 3.19. The Hall–Kier alpha value is -3.58. The third kappa shape index (κ3) is 5.00. The van der Waals surface area contributed by atoms with Crippen LogP contribution in [-0.2, 0) is 0 Å². The van der Waals surface area contributed by atoms with Crippen LogP contribution in [0.15, 0.2) is 30.7 Å². The summed E-state index contributed by atoms with van der Waals surface area (Å²) < 4.78 is 15.6. The van der Waals surface area contributed by atoms with E-state index in [2.05, 4.69) is 25.7 Å². The van der Waals surface area contributed by atoms with Crippen molar-refractivity contribution in [3.8, 4) is 11.9 Å². The fourth-order valence-electron chi connectivity index (χ4n) is 2.91. The third-order valence-corrected chi connectivity index (χ3v) is 5.11. The van der Waals surface area contributed by atoms with Gasteiger partial charge in [0, 0.05) is 29.9 Å². The van der Waals surface area contributed by atoms with Crippen molar-refractivity contribution < 1.29 is 14.3 Å². The molecule has 2 atom stereocenters. The van der Waals surface area contributed by atoms with Gasteiger partial charge in [0.05, 0.1) is 35.2 Å². The van der Waals surface area contributed by atoms with E-state index in [4.69, 9.17) is 5.26 Å². The number of rotatable bonds is 8. The van der Waals surface area contributed by atoms with Crippen molar-refractivity contribution in [2.75, 3.05) is 11.9 Å². The van der Waals surface area contributed by atoms with Gasteiger partial charge in [-0.3, -0.25) is 4.79 Å². The zero-order valence-corrected chi connectivity index (χ0v) is 18.4. The molecule has 32 heavy (non-hydrogen) atoms. The highest BCUT2D eigenvalue weighted by atomic mass is 19.1. The Kier molecular flexibility index (Phi) is 6.69. The van der Waals surface area contributed by atoms with Gasteiger partial charge in [-0.1, -0.05) is 6.92 Å². The average molecular weight is 439 g/mol. The molecular formula is C22H26FN7O2. The van der Waals surface area contributed by atoms with Gasteiger partial charge >= 0.3 is 0 Å². The molecular weight excluding hydrogens is 413 g/mol. The number of pyridine rings is 2. The summed E-state index contributed by atoms with van der Waals surface area (Å²) in [5, 5.41) is 29.6. The lowest BCUT2D eigenvalue weighted by Gasteiger charge is -2.23. The van der Waals surface area contributed by atoms with Crippen LogP contribution in [0.5, 0.6) is 0 Å². The molecule has 9 nitrogen and oxygen atoms in total. The Labute approximate surface area is 185 Å². The first-order valence-electron chi connectivity index (χ1n) is 10.3. The van der Waals surface area contributed by atoms with Crippen molar-refractivity contribution in [2.24, 2.45) is 0 Å². The van der Waals surface area contributed by atoms with Crippen LogP contribution in [0.1, 0.15) is 50.0 Å². The topological polar surface area (TPSA) is 129 Å². The number of carbonyl (C=O) groups excluding carboxylic acids is 1. The first-order valence-corrected chi connectivity index (χ1v) is 10.3. The highest BCUT2D eigenvalue weighted by Crippen LogP contribution is 2.23. The van der Waals surface area contributed by atoms with Crippen molar-refractivity contribution in [1.29, 1.82) is 5.26 Å². The summed E-state index contributed by atoms with van der Waals surface area (Å²) in [4.78, 5) is 21.4. The highest BCUT2D eigenvalue weighted by molar-refractivity contribution is 5.99. The number of hydrogen-bond donors (Lipinski definition) is 3. The number of aliphatic hydroxyl groups is 1. The summed E-state index contributed by atoms with van der Waals surface area (Å²) in [7, 11) is 0. The molecule has 0 saturated carbocycles. The number of nitrogens with zero attached hydrogens (tertiary/aromatic N) is 5. The summed E-state index contributed by atoms with van der Waals surface area (Å²) in [6.45, 7) is 6.34. The van der Waals surface area contributed by atoms with Gasteiger partial charge in [0.2, 0.25) is 0 Å². The van der Waals surface area contributed by atoms with Crippen LogP contribution in [0.4, 0.5) is 10.1 Å². The lowest BCUT2D eigenvalue weighted by molar-refractivity contribution is -0.00177. The van der Waals surface area contributed by atoms with Crippen molar-refractivity contribution in [2.45, 2.75) is 51.9 Å². The van der Waals surface area contributed by atoms with Gasteiger partial charge in [-0.05, 0) is 33.3 Å². The van der Waals surface area contributed by atoms with Gasteiger partial charge < -0.3 is 15.7 Å². The molecule has 0 spiro atoms. The Morgan fingerprint density at radius 3 is 2.72 bits per heavy atom. The van der Waals surface area contributed by atoms with Crippen LogP contribution in [0.25, 0.3) is 16.9 Å². The standard InChI is InChI=1S/C22H26FN7O2/c1-5-13(2)29-17-7-19(30-20-15(10-28-30)6-14(8-24)9-26-20)25-11-16(17)21(31)27-12-18(23)22(3,4)32/h6-7,9-11,13,18,32H,5,12H2,1-4H3,(H,25,29)(H,27,31)/t13-,18+/m0/s1. The van der Waals surface area contributed by atoms with E-state index in [0.29, 0.717) is 28.1 Å². The van der Waals surface area contributed by atoms with E-state index in [1.54, 1.807) is 18.3 Å². The number of alkyl halides is 1.